The number of para-hydroxylation sites is 2. The zero-order valence-corrected chi connectivity index (χ0v) is 12.9. The second-order valence-electron chi connectivity index (χ2n) is 6.59. The number of carbonyl (C=O) groups is 1. The third-order valence-electron chi connectivity index (χ3n) is 4.59. The number of benzene rings is 1. The molecule has 22 heavy (non-hydrogen) atoms. The minimum atomic E-state index is 0.106. The molecule has 114 valence electrons. The quantitative estimate of drug-likeness (QED) is 0.861. The largest absolute Gasteiger partial charge is 0.340 e. The Morgan fingerprint density at radius 2 is 1.95 bits per heavy atom. The summed E-state index contributed by atoms with van der Waals surface area (Å²) in [5, 5.41) is 0. The van der Waals surface area contributed by atoms with Crippen LogP contribution in [0, 0.1) is 11.8 Å². The fourth-order valence-electron chi connectivity index (χ4n) is 3.04. The molecule has 2 saturated carbocycles. The number of nitrogens with one attached hydrogen (secondary N) is 1. The maximum Gasteiger partial charge on any atom is 0.246 e. The van der Waals surface area contributed by atoms with Crippen molar-refractivity contribution in [2.45, 2.75) is 32.2 Å². The lowest BCUT2D eigenvalue weighted by atomic mass is 10.1. The minimum Gasteiger partial charge on any atom is -0.340 e. The van der Waals surface area contributed by atoms with E-state index in [2.05, 4.69) is 9.97 Å². The third-order valence-corrected chi connectivity index (χ3v) is 4.59. The summed E-state index contributed by atoms with van der Waals surface area (Å²) in [5.41, 5.74) is 3.37. The van der Waals surface area contributed by atoms with Crippen molar-refractivity contribution in [2.24, 2.45) is 11.8 Å². The van der Waals surface area contributed by atoms with Crippen molar-refractivity contribution in [3.8, 4) is 0 Å². The first-order valence-corrected chi connectivity index (χ1v) is 8.11. The molecule has 0 aliphatic heterocycles. The number of carbonyl (C=O) groups excluding carboxylic acids is 1. The molecule has 2 fully saturated rings. The Bertz CT molecular complexity index is 691. The molecule has 4 nitrogen and oxygen atoms in total. The number of nitrogens with zero attached hydrogens (tertiary/aromatic N) is 2. The van der Waals surface area contributed by atoms with Gasteiger partial charge in [-0.3, -0.25) is 4.79 Å². The zero-order chi connectivity index (χ0) is 15.1. The summed E-state index contributed by atoms with van der Waals surface area (Å²) in [6.45, 7) is 0.520. The number of likely N-dealkylation sites (N-methyl/N-ethyl adjacent to an activating group) is 1. The highest BCUT2D eigenvalue weighted by Crippen LogP contribution is 2.48. The van der Waals surface area contributed by atoms with Gasteiger partial charge in [0.1, 0.15) is 5.82 Å². The summed E-state index contributed by atoms with van der Waals surface area (Å²) >= 11 is 0. The highest BCUT2D eigenvalue weighted by atomic mass is 16.2. The van der Waals surface area contributed by atoms with Crippen LogP contribution < -0.4 is 0 Å². The fourth-order valence-corrected chi connectivity index (χ4v) is 3.04. The Morgan fingerprint density at radius 3 is 2.59 bits per heavy atom. The smallest absolute Gasteiger partial charge is 0.246 e. The summed E-state index contributed by atoms with van der Waals surface area (Å²) in [5.74, 6) is 2.33. The molecule has 1 N–H and O–H groups in total. The monoisotopic (exact) mass is 295 g/mol. The minimum absolute atomic E-state index is 0.106. The van der Waals surface area contributed by atoms with Gasteiger partial charge in [-0.2, -0.15) is 0 Å². The Hall–Kier alpha value is -2.10. The van der Waals surface area contributed by atoms with E-state index in [4.69, 9.17) is 0 Å². The molecule has 1 aromatic carbocycles. The summed E-state index contributed by atoms with van der Waals surface area (Å²) in [7, 11) is 1.85. The molecule has 2 aliphatic rings. The highest BCUT2D eigenvalue weighted by molar-refractivity contribution is 5.88. The number of hydrogen-bond donors (Lipinski definition) is 1. The van der Waals surface area contributed by atoms with Crippen LogP contribution in [-0.2, 0) is 11.3 Å². The number of H-pyrrole nitrogens is 1. The fraction of sp³-hybridized carbons (Fsp3) is 0.444. The van der Waals surface area contributed by atoms with Gasteiger partial charge in [-0.05, 0) is 49.7 Å². The standard InChI is InChI=1S/C18H21N3O/c1-21(11-17-19-15-4-2-3-5-16(15)20-17)18(22)10-14(12-6-7-12)13-8-9-13/h2-5,10,12-13H,6-9,11H2,1H3,(H,19,20). The van der Waals surface area contributed by atoms with Crippen molar-refractivity contribution in [2.75, 3.05) is 7.05 Å². The Labute approximate surface area is 130 Å². The van der Waals surface area contributed by atoms with E-state index >= 15 is 0 Å². The number of allylic oxidation sites excluding steroid dienone is 1. The molecule has 1 heterocycles. The number of aromatic nitrogens is 2. The van der Waals surface area contributed by atoms with Gasteiger partial charge in [0.05, 0.1) is 17.6 Å². The van der Waals surface area contributed by atoms with Gasteiger partial charge in [0.25, 0.3) is 0 Å². The number of imidazole rings is 1. The average molecular weight is 295 g/mol. The van der Waals surface area contributed by atoms with Crippen LogP contribution in [-0.4, -0.2) is 27.8 Å². The van der Waals surface area contributed by atoms with Crippen LogP contribution in [0.25, 0.3) is 11.0 Å². The van der Waals surface area contributed by atoms with Crippen LogP contribution in [0.1, 0.15) is 31.5 Å². The third kappa shape index (κ3) is 2.78. The van der Waals surface area contributed by atoms with Gasteiger partial charge >= 0.3 is 0 Å². The Balaban J connectivity index is 1.47. The maximum absolute atomic E-state index is 12.4. The van der Waals surface area contributed by atoms with Gasteiger partial charge in [-0.25, -0.2) is 4.98 Å². The highest BCUT2D eigenvalue weighted by Gasteiger charge is 2.36. The van der Waals surface area contributed by atoms with Crippen LogP contribution in [0.3, 0.4) is 0 Å². The molecule has 1 aromatic heterocycles. The molecule has 0 unspecified atom stereocenters. The molecule has 0 bridgehead atoms. The molecule has 0 atom stereocenters. The number of rotatable bonds is 5. The van der Waals surface area contributed by atoms with Gasteiger partial charge in [-0.1, -0.05) is 17.7 Å². The van der Waals surface area contributed by atoms with Crippen LogP contribution in [0.4, 0.5) is 0 Å². The van der Waals surface area contributed by atoms with E-state index in [9.17, 15) is 4.79 Å². The molecule has 2 aromatic rings. The second-order valence-corrected chi connectivity index (χ2v) is 6.59. The first kappa shape index (κ1) is 13.6. The van der Waals surface area contributed by atoms with E-state index in [0.29, 0.717) is 18.4 Å². The predicted octanol–water partition coefficient (Wildman–Crippen LogP) is 3.27. The molecule has 0 spiro atoms. The van der Waals surface area contributed by atoms with Crippen LogP contribution in [0.5, 0.6) is 0 Å². The Morgan fingerprint density at radius 1 is 1.27 bits per heavy atom. The normalized spacial score (nSPS) is 17.5. The van der Waals surface area contributed by atoms with Gasteiger partial charge in [0.2, 0.25) is 5.91 Å². The summed E-state index contributed by atoms with van der Waals surface area (Å²) in [4.78, 5) is 22.0. The van der Waals surface area contributed by atoms with Crippen molar-refractivity contribution in [3.05, 3.63) is 41.7 Å². The van der Waals surface area contributed by atoms with Crippen LogP contribution in [0.2, 0.25) is 0 Å². The van der Waals surface area contributed by atoms with E-state index in [1.165, 1.54) is 31.3 Å². The molecule has 0 radical (unpaired) electrons. The van der Waals surface area contributed by atoms with E-state index in [0.717, 1.165) is 16.9 Å². The lowest BCUT2D eigenvalue weighted by Crippen LogP contribution is -2.25. The lowest BCUT2D eigenvalue weighted by molar-refractivity contribution is -0.125. The predicted molar refractivity (Wildman–Crippen MR) is 86.1 cm³/mol. The first-order valence-electron chi connectivity index (χ1n) is 8.11. The van der Waals surface area contributed by atoms with Gasteiger partial charge in [0.15, 0.2) is 0 Å². The molecule has 2 aliphatic carbocycles. The molecule has 4 rings (SSSR count). The number of hydrogen-bond acceptors (Lipinski definition) is 2. The summed E-state index contributed by atoms with van der Waals surface area (Å²) in [6.07, 6.45) is 6.97. The molecular weight excluding hydrogens is 274 g/mol. The van der Waals surface area contributed by atoms with E-state index < -0.39 is 0 Å². The van der Waals surface area contributed by atoms with Crippen molar-refractivity contribution in [1.29, 1.82) is 0 Å². The topological polar surface area (TPSA) is 49.0 Å². The van der Waals surface area contributed by atoms with Crippen molar-refractivity contribution >= 4 is 16.9 Å². The molecule has 4 heteroatoms. The zero-order valence-electron chi connectivity index (χ0n) is 12.9. The van der Waals surface area contributed by atoms with Gasteiger partial charge < -0.3 is 9.88 Å². The van der Waals surface area contributed by atoms with E-state index in [1.807, 2.05) is 37.4 Å². The molecular formula is C18H21N3O. The van der Waals surface area contributed by atoms with Crippen molar-refractivity contribution in [1.82, 2.24) is 14.9 Å². The lowest BCUT2D eigenvalue weighted by Gasteiger charge is -2.14. The average Bonchev–Trinajstić information content (AvgIpc) is 3.41. The van der Waals surface area contributed by atoms with Crippen LogP contribution in [0.15, 0.2) is 35.9 Å². The molecule has 1 amide bonds. The van der Waals surface area contributed by atoms with Crippen LogP contribution >= 0.6 is 0 Å². The van der Waals surface area contributed by atoms with Gasteiger partial charge in [-0.15, -0.1) is 0 Å². The van der Waals surface area contributed by atoms with Crippen molar-refractivity contribution < 1.29 is 4.79 Å². The molecule has 0 saturated heterocycles. The second kappa shape index (κ2) is 5.27. The van der Waals surface area contributed by atoms with E-state index in [1.54, 1.807) is 4.90 Å². The summed E-state index contributed by atoms with van der Waals surface area (Å²) < 4.78 is 0. The first-order chi connectivity index (χ1) is 10.7. The SMILES string of the molecule is CN(Cc1nc2ccccc2[nH]1)C(=O)C=C(C1CC1)C1CC1. The Kier molecular flexibility index (Phi) is 3.25. The number of aromatic amines is 1. The number of amides is 1. The number of fused-ring (bicyclic) bond motifs is 1. The van der Waals surface area contributed by atoms with Gasteiger partial charge in [0, 0.05) is 13.1 Å². The maximum atomic E-state index is 12.4. The summed E-state index contributed by atoms with van der Waals surface area (Å²) in [6, 6.07) is 7.95. The van der Waals surface area contributed by atoms with E-state index in [-0.39, 0.29) is 5.91 Å². The van der Waals surface area contributed by atoms with Crippen molar-refractivity contribution in [3.63, 3.8) is 0 Å².